The molecule has 1 unspecified atom stereocenters. The maximum atomic E-state index is 15.0. The lowest BCUT2D eigenvalue weighted by Gasteiger charge is -2.29. The number of nitrogens with zero attached hydrogens (tertiary/aromatic N) is 3. The Labute approximate surface area is 221 Å². The van der Waals surface area contributed by atoms with Gasteiger partial charge in [-0.1, -0.05) is 36.5 Å². The third-order valence-corrected chi connectivity index (χ3v) is 8.74. The Morgan fingerprint density at radius 2 is 1.97 bits per heavy atom. The lowest BCUT2D eigenvalue weighted by molar-refractivity contribution is -0.120. The average Bonchev–Trinajstić information content (AvgIpc) is 3.67. The van der Waals surface area contributed by atoms with E-state index in [2.05, 4.69) is 15.5 Å². The minimum atomic E-state index is -0.548. The van der Waals surface area contributed by atoms with E-state index in [1.165, 1.54) is 40.3 Å². The van der Waals surface area contributed by atoms with Crippen molar-refractivity contribution in [2.45, 2.75) is 32.1 Å². The number of benzene rings is 1. The van der Waals surface area contributed by atoms with E-state index in [4.69, 9.17) is 0 Å². The molecule has 192 valence electrons. The maximum Gasteiger partial charge on any atom is 0.256 e. The highest BCUT2D eigenvalue weighted by Crippen LogP contribution is 2.43. The van der Waals surface area contributed by atoms with Crippen LogP contribution in [0.5, 0.6) is 0 Å². The number of hydrogen-bond acceptors (Lipinski definition) is 6. The Hall–Kier alpha value is -3.24. The fourth-order valence-electron chi connectivity index (χ4n) is 4.97. The summed E-state index contributed by atoms with van der Waals surface area (Å²) < 4.78 is 29.2. The summed E-state index contributed by atoms with van der Waals surface area (Å²) >= 11 is 2.68. The minimum absolute atomic E-state index is 0.0804. The highest BCUT2D eigenvalue weighted by Gasteiger charge is 2.34. The van der Waals surface area contributed by atoms with Gasteiger partial charge in [0.15, 0.2) is 0 Å². The normalized spacial score (nSPS) is 18.9. The second kappa shape index (κ2) is 11.0. The predicted octanol–water partition coefficient (Wildman–Crippen LogP) is 6.43. The van der Waals surface area contributed by atoms with Crippen LogP contribution >= 0.6 is 22.7 Å². The molecule has 1 fully saturated rings. The molecule has 0 radical (unpaired) electrons. The molecule has 1 N–H and O–H groups in total. The summed E-state index contributed by atoms with van der Waals surface area (Å²) in [6, 6.07) is 8.50. The summed E-state index contributed by atoms with van der Waals surface area (Å²) in [5.41, 5.74) is 2.27. The zero-order valence-corrected chi connectivity index (χ0v) is 21.8. The second-order valence-corrected chi connectivity index (χ2v) is 11.3. The molecule has 6 nitrogen and oxygen atoms in total. The number of carbonyl (C=O) groups excluding carboxylic acids is 2. The second-order valence-electron chi connectivity index (χ2n) is 9.31. The van der Waals surface area contributed by atoms with Crippen LogP contribution in [0, 0.1) is 17.7 Å². The zero-order chi connectivity index (χ0) is 25.9. The van der Waals surface area contributed by atoms with E-state index in [0.717, 1.165) is 22.6 Å². The molecule has 1 aromatic carbocycles. The average molecular weight is 541 g/mol. The van der Waals surface area contributed by atoms with Gasteiger partial charge in [-0.25, -0.2) is 8.78 Å². The third kappa shape index (κ3) is 5.55. The van der Waals surface area contributed by atoms with Crippen molar-refractivity contribution in [3.63, 3.8) is 0 Å². The number of halogens is 2. The van der Waals surface area contributed by atoms with E-state index < -0.39 is 11.7 Å². The SMILES string of the molecule is C[C@@H](C(=O)Nc1nncs1)[C@@H](c1ccc(-c2ccc(C(=O)N3CCCC3)c(F)c2)s1)C1C=CC=C(F)C1. The Balaban J connectivity index is 1.41. The number of likely N-dealkylation sites (tertiary alicyclic amines) is 1. The molecule has 10 heteroatoms. The molecule has 3 aromatic rings. The van der Waals surface area contributed by atoms with Gasteiger partial charge >= 0.3 is 0 Å². The summed E-state index contributed by atoms with van der Waals surface area (Å²) in [4.78, 5) is 29.2. The van der Waals surface area contributed by atoms with Crippen LogP contribution in [-0.4, -0.2) is 40.0 Å². The largest absolute Gasteiger partial charge is 0.339 e. The molecule has 2 aromatic heterocycles. The molecular weight excluding hydrogens is 514 g/mol. The van der Waals surface area contributed by atoms with Gasteiger partial charge in [-0.05, 0) is 54.7 Å². The molecule has 1 saturated heterocycles. The van der Waals surface area contributed by atoms with Gasteiger partial charge in [-0.2, -0.15) is 0 Å². The van der Waals surface area contributed by atoms with Gasteiger partial charge in [0, 0.05) is 41.1 Å². The molecule has 0 saturated carbocycles. The first-order valence-electron chi connectivity index (χ1n) is 12.2. The highest BCUT2D eigenvalue weighted by molar-refractivity contribution is 7.15. The molecule has 1 aliphatic heterocycles. The van der Waals surface area contributed by atoms with Gasteiger partial charge in [0.1, 0.15) is 17.2 Å². The number of anilines is 1. The first-order valence-corrected chi connectivity index (χ1v) is 13.9. The predicted molar refractivity (Wildman–Crippen MR) is 142 cm³/mol. The monoisotopic (exact) mass is 540 g/mol. The summed E-state index contributed by atoms with van der Waals surface area (Å²) in [5, 5.41) is 10.8. The van der Waals surface area contributed by atoms with Gasteiger partial charge in [0.05, 0.1) is 5.56 Å². The van der Waals surface area contributed by atoms with Crippen LogP contribution in [0.2, 0.25) is 0 Å². The number of carbonyl (C=O) groups is 2. The first-order chi connectivity index (χ1) is 17.9. The maximum absolute atomic E-state index is 15.0. The Kier molecular flexibility index (Phi) is 7.57. The number of thiophene rings is 1. The van der Waals surface area contributed by atoms with Gasteiger partial charge in [0.2, 0.25) is 11.0 Å². The number of nitrogens with one attached hydrogen (secondary N) is 1. The van der Waals surface area contributed by atoms with Crippen molar-refractivity contribution >= 4 is 39.6 Å². The number of hydrogen-bond donors (Lipinski definition) is 1. The Morgan fingerprint density at radius 3 is 2.68 bits per heavy atom. The molecule has 0 bridgehead atoms. The molecule has 2 aliphatic rings. The van der Waals surface area contributed by atoms with E-state index in [1.54, 1.807) is 23.1 Å². The van der Waals surface area contributed by atoms with Gasteiger partial charge in [-0.15, -0.1) is 21.5 Å². The fourth-order valence-corrected chi connectivity index (χ4v) is 6.70. The van der Waals surface area contributed by atoms with Crippen LogP contribution < -0.4 is 5.32 Å². The Bertz CT molecular complexity index is 1350. The number of allylic oxidation sites excluding steroid dienone is 4. The lowest BCUT2D eigenvalue weighted by atomic mass is 9.77. The standard InChI is InChI=1S/C27H26F2N4O2S2/c1-16(25(34)31-27-32-30-15-36-27)24(18-5-4-6-19(28)13-18)23-10-9-22(37-23)17-7-8-20(21(29)14-17)26(35)33-11-2-3-12-33/h4-10,14-16,18,24H,2-3,11-13H2,1H3,(H,31,32,34)/t16-,18?,24-/m1/s1. The number of amides is 2. The van der Waals surface area contributed by atoms with Crippen LogP contribution in [0.3, 0.4) is 0 Å². The van der Waals surface area contributed by atoms with Gasteiger partial charge < -0.3 is 10.2 Å². The molecule has 0 spiro atoms. The molecule has 1 aliphatic carbocycles. The van der Waals surface area contributed by atoms with Gasteiger partial charge in [-0.3, -0.25) is 9.59 Å². The molecule has 3 heterocycles. The minimum Gasteiger partial charge on any atom is -0.339 e. The van der Waals surface area contributed by atoms with E-state index in [9.17, 15) is 18.4 Å². The van der Waals surface area contributed by atoms with E-state index in [-0.39, 0.29) is 41.5 Å². The molecule has 5 rings (SSSR count). The van der Waals surface area contributed by atoms with Crippen LogP contribution in [0.4, 0.5) is 13.9 Å². The third-order valence-electron chi connectivity index (χ3n) is 6.90. The van der Waals surface area contributed by atoms with E-state index in [1.807, 2.05) is 25.1 Å². The lowest BCUT2D eigenvalue weighted by Crippen LogP contribution is -2.29. The van der Waals surface area contributed by atoms with E-state index >= 15 is 0 Å². The topological polar surface area (TPSA) is 75.2 Å². The van der Waals surface area contributed by atoms with Crippen molar-refractivity contribution in [1.82, 2.24) is 15.1 Å². The first kappa shape index (κ1) is 25.4. The molecule has 2 amide bonds. The smallest absolute Gasteiger partial charge is 0.256 e. The van der Waals surface area contributed by atoms with Crippen molar-refractivity contribution in [2.24, 2.45) is 11.8 Å². The quantitative estimate of drug-likeness (QED) is 0.375. The fraction of sp³-hybridized carbons (Fsp3) is 0.333. The van der Waals surface area contributed by atoms with Crippen molar-refractivity contribution in [2.75, 3.05) is 18.4 Å². The summed E-state index contributed by atoms with van der Waals surface area (Å²) in [7, 11) is 0. The number of rotatable bonds is 7. The molecule has 37 heavy (non-hydrogen) atoms. The van der Waals surface area contributed by atoms with Crippen LogP contribution in [-0.2, 0) is 4.79 Å². The summed E-state index contributed by atoms with van der Waals surface area (Å²) in [6.07, 6.45) is 7.14. The van der Waals surface area contributed by atoms with Gasteiger partial charge in [0.25, 0.3) is 5.91 Å². The van der Waals surface area contributed by atoms with Crippen molar-refractivity contribution in [3.05, 3.63) is 76.2 Å². The van der Waals surface area contributed by atoms with E-state index in [0.29, 0.717) is 23.8 Å². The van der Waals surface area contributed by atoms with Crippen LogP contribution in [0.25, 0.3) is 10.4 Å². The van der Waals surface area contributed by atoms with Crippen LogP contribution in [0.15, 0.2) is 59.9 Å². The van der Waals surface area contributed by atoms with Crippen molar-refractivity contribution < 1.29 is 18.4 Å². The molecular formula is C27H26F2N4O2S2. The van der Waals surface area contributed by atoms with Crippen molar-refractivity contribution in [3.8, 4) is 10.4 Å². The Morgan fingerprint density at radius 1 is 1.16 bits per heavy atom. The summed E-state index contributed by atoms with van der Waals surface area (Å²) in [6.45, 7) is 3.14. The zero-order valence-electron chi connectivity index (χ0n) is 20.2. The highest BCUT2D eigenvalue weighted by atomic mass is 32.1. The number of aromatic nitrogens is 2. The summed E-state index contributed by atoms with van der Waals surface area (Å²) in [5.74, 6) is -2.29. The van der Waals surface area contributed by atoms with Crippen molar-refractivity contribution in [1.29, 1.82) is 0 Å². The molecule has 3 atom stereocenters. The van der Waals surface area contributed by atoms with Crippen LogP contribution in [0.1, 0.15) is 47.3 Å².